The molecule has 0 aliphatic heterocycles. The van der Waals surface area contributed by atoms with Crippen molar-refractivity contribution in [3.63, 3.8) is 0 Å². The van der Waals surface area contributed by atoms with Gasteiger partial charge in [-0.15, -0.1) is 0 Å². The first-order valence-corrected chi connectivity index (χ1v) is 8.58. The van der Waals surface area contributed by atoms with Crippen LogP contribution in [0.25, 0.3) is 0 Å². The molecule has 5 nitrogen and oxygen atoms in total. The minimum Gasteiger partial charge on any atom is -0.496 e. The van der Waals surface area contributed by atoms with Crippen LogP contribution in [0.15, 0.2) is 47.5 Å². The molecule has 0 aliphatic carbocycles. The summed E-state index contributed by atoms with van der Waals surface area (Å²) in [5.74, 6) is 1.26. The number of benzene rings is 2. The van der Waals surface area contributed by atoms with Crippen LogP contribution in [0.4, 0.5) is 4.39 Å². The molecule has 0 unspecified atom stereocenters. The van der Waals surface area contributed by atoms with Crippen molar-refractivity contribution >= 4 is 5.96 Å². The van der Waals surface area contributed by atoms with Crippen molar-refractivity contribution in [2.75, 3.05) is 20.8 Å². The third-order valence-corrected chi connectivity index (χ3v) is 3.81. The monoisotopic (exact) mass is 359 g/mol. The average molecular weight is 359 g/mol. The van der Waals surface area contributed by atoms with Gasteiger partial charge in [-0.25, -0.2) is 9.38 Å². The molecule has 2 N–H and O–H groups in total. The van der Waals surface area contributed by atoms with Gasteiger partial charge >= 0.3 is 0 Å². The highest BCUT2D eigenvalue weighted by molar-refractivity contribution is 5.79. The largest absolute Gasteiger partial charge is 0.496 e. The number of nitrogens with one attached hydrogen (secondary N) is 2. The second kappa shape index (κ2) is 10.4. The Morgan fingerprint density at radius 2 is 1.88 bits per heavy atom. The predicted octanol–water partition coefficient (Wildman–Crippen LogP) is 3.24. The number of para-hydroxylation sites is 1. The van der Waals surface area contributed by atoms with Gasteiger partial charge in [0.05, 0.1) is 20.3 Å². The third-order valence-electron chi connectivity index (χ3n) is 3.81. The zero-order valence-corrected chi connectivity index (χ0v) is 15.5. The maximum Gasteiger partial charge on any atom is 0.191 e. The molecule has 0 radical (unpaired) electrons. The van der Waals surface area contributed by atoms with E-state index in [0.717, 1.165) is 23.4 Å². The zero-order chi connectivity index (χ0) is 18.8. The van der Waals surface area contributed by atoms with Gasteiger partial charge in [0, 0.05) is 31.3 Å². The van der Waals surface area contributed by atoms with Crippen molar-refractivity contribution in [3.8, 4) is 5.75 Å². The minimum atomic E-state index is -0.263. The van der Waals surface area contributed by atoms with Crippen molar-refractivity contribution in [2.24, 2.45) is 4.99 Å². The standard InChI is InChI=1S/C20H26FN3O2/c1-4-22-20(24-13-16-7-5-6-8-19(16)26-3)23-12-15-9-10-18(21)17(11-15)14-25-2/h5-11H,4,12-14H2,1-3H3,(H2,22,23,24). The van der Waals surface area contributed by atoms with E-state index >= 15 is 0 Å². The smallest absolute Gasteiger partial charge is 0.191 e. The van der Waals surface area contributed by atoms with Crippen molar-refractivity contribution in [2.45, 2.75) is 26.6 Å². The molecule has 0 fully saturated rings. The molecule has 0 aromatic heterocycles. The van der Waals surface area contributed by atoms with Gasteiger partial charge in [-0.05, 0) is 30.7 Å². The number of ether oxygens (including phenoxy) is 2. The van der Waals surface area contributed by atoms with Gasteiger partial charge in [0.15, 0.2) is 5.96 Å². The Balaban J connectivity index is 2.05. The Morgan fingerprint density at radius 3 is 2.62 bits per heavy atom. The summed E-state index contributed by atoms with van der Waals surface area (Å²) in [4.78, 5) is 4.58. The third kappa shape index (κ3) is 5.74. The molecule has 0 aliphatic rings. The molecule has 0 heterocycles. The molecule has 2 aromatic carbocycles. The van der Waals surface area contributed by atoms with Crippen molar-refractivity contribution in [1.29, 1.82) is 0 Å². The highest BCUT2D eigenvalue weighted by Gasteiger charge is 2.05. The van der Waals surface area contributed by atoms with E-state index in [2.05, 4.69) is 15.6 Å². The summed E-state index contributed by atoms with van der Waals surface area (Å²) < 4.78 is 24.1. The van der Waals surface area contributed by atoms with Gasteiger partial charge in [-0.1, -0.05) is 24.3 Å². The maximum atomic E-state index is 13.7. The summed E-state index contributed by atoms with van der Waals surface area (Å²) in [5.41, 5.74) is 2.50. The second-order valence-electron chi connectivity index (χ2n) is 5.72. The number of hydrogen-bond donors (Lipinski definition) is 2. The van der Waals surface area contributed by atoms with E-state index in [1.165, 1.54) is 6.07 Å². The van der Waals surface area contributed by atoms with E-state index in [-0.39, 0.29) is 12.4 Å². The number of hydrogen-bond acceptors (Lipinski definition) is 3. The Labute approximate surface area is 154 Å². The molecule has 140 valence electrons. The number of nitrogens with zero attached hydrogens (tertiary/aromatic N) is 1. The van der Waals surface area contributed by atoms with Gasteiger partial charge in [-0.3, -0.25) is 0 Å². The van der Waals surface area contributed by atoms with Crippen molar-refractivity contribution in [1.82, 2.24) is 10.6 Å². The van der Waals surface area contributed by atoms with Crippen molar-refractivity contribution in [3.05, 3.63) is 65.0 Å². The van der Waals surface area contributed by atoms with E-state index < -0.39 is 0 Å². The van der Waals surface area contributed by atoms with Crippen LogP contribution in [0, 0.1) is 5.82 Å². The normalized spacial score (nSPS) is 11.3. The van der Waals surface area contributed by atoms with Crippen LogP contribution < -0.4 is 15.4 Å². The lowest BCUT2D eigenvalue weighted by molar-refractivity contribution is 0.181. The van der Waals surface area contributed by atoms with Crippen molar-refractivity contribution < 1.29 is 13.9 Å². The van der Waals surface area contributed by atoms with Gasteiger partial charge in [0.25, 0.3) is 0 Å². The highest BCUT2D eigenvalue weighted by Crippen LogP contribution is 2.16. The summed E-state index contributed by atoms with van der Waals surface area (Å²) in [7, 11) is 3.21. The molecule has 0 saturated heterocycles. The summed E-state index contributed by atoms with van der Waals surface area (Å²) in [5, 5.41) is 6.50. The summed E-state index contributed by atoms with van der Waals surface area (Å²) >= 11 is 0. The first kappa shape index (κ1) is 19.7. The Bertz CT molecular complexity index is 735. The van der Waals surface area contributed by atoms with Crippen LogP contribution in [0.2, 0.25) is 0 Å². The zero-order valence-electron chi connectivity index (χ0n) is 15.5. The number of halogens is 1. The molecule has 0 spiro atoms. The lowest BCUT2D eigenvalue weighted by Crippen LogP contribution is -2.36. The first-order chi connectivity index (χ1) is 12.7. The topological polar surface area (TPSA) is 54.9 Å². The molecule has 26 heavy (non-hydrogen) atoms. The lowest BCUT2D eigenvalue weighted by Gasteiger charge is -2.13. The van der Waals surface area contributed by atoms with Crippen LogP contribution in [-0.2, 0) is 24.4 Å². The number of aliphatic imine (C=N–C) groups is 1. The SMILES string of the molecule is CCNC(=NCc1ccc(F)c(COC)c1)NCc1ccccc1OC. The lowest BCUT2D eigenvalue weighted by atomic mass is 10.1. The Hall–Kier alpha value is -2.60. The van der Waals surface area contributed by atoms with Crippen LogP contribution >= 0.6 is 0 Å². The summed E-state index contributed by atoms with van der Waals surface area (Å²) in [6, 6.07) is 12.8. The summed E-state index contributed by atoms with van der Waals surface area (Å²) in [6.07, 6.45) is 0. The quantitative estimate of drug-likeness (QED) is 0.561. The molecular weight excluding hydrogens is 333 g/mol. The molecular formula is C20H26FN3O2. The molecule has 0 bridgehead atoms. The molecule has 0 saturated carbocycles. The van der Waals surface area contributed by atoms with E-state index in [4.69, 9.17) is 9.47 Å². The van der Waals surface area contributed by atoms with Crippen LogP contribution in [0.5, 0.6) is 5.75 Å². The molecule has 0 amide bonds. The van der Waals surface area contributed by atoms with Crippen LogP contribution in [0.3, 0.4) is 0 Å². The molecule has 0 atom stereocenters. The molecule has 6 heteroatoms. The second-order valence-corrected chi connectivity index (χ2v) is 5.72. The van der Waals surface area contributed by atoms with Gasteiger partial charge in [0.1, 0.15) is 11.6 Å². The van der Waals surface area contributed by atoms with Crippen LogP contribution in [0.1, 0.15) is 23.6 Å². The first-order valence-electron chi connectivity index (χ1n) is 8.58. The predicted molar refractivity (Wildman–Crippen MR) is 102 cm³/mol. The Morgan fingerprint density at radius 1 is 1.08 bits per heavy atom. The molecule has 2 rings (SSSR count). The fourth-order valence-electron chi connectivity index (χ4n) is 2.53. The fourth-order valence-corrected chi connectivity index (χ4v) is 2.53. The number of guanidine groups is 1. The van der Waals surface area contributed by atoms with E-state index in [0.29, 0.717) is 24.6 Å². The Kier molecular flexibility index (Phi) is 7.89. The van der Waals surface area contributed by atoms with Gasteiger partial charge in [0.2, 0.25) is 0 Å². The number of rotatable bonds is 8. The maximum absolute atomic E-state index is 13.7. The van der Waals surface area contributed by atoms with Crippen LogP contribution in [-0.4, -0.2) is 26.7 Å². The summed E-state index contributed by atoms with van der Waals surface area (Å²) in [6.45, 7) is 4.03. The fraction of sp³-hybridized carbons (Fsp3) is 0.350. The number of methoxy groups -OCH3 is 2. The van der Waals surface area contributed by atoms with E-state index in [1.54, 1.807) is 26.4 Å². The minimum absolute atomic E-state index is 0.246. The molecule has 2 aromatic rings. The van der Waals surface area contributed by atoms with E-state index in [9.17, 15) is 4.39 Å². The van der Waals surface area contributed by atoms with Gasteiger partial charge < -0.3 is 20.1 Å². The highest BCUT2D eigenvalue weighted by atomic mass is 19.1. The van der Waals surface area contributed by atoms with Gasteiger partial charge in [-0.2, -0.15) is 0 Å². The average Bonchev–Trinajstić information content (AvgIpc) is 2.66. The van der Waals surface area contributed by atoms with E-state index in [1.807, 2.05) is 31.2 Å².